The lowest BCUT2D eigenvalue weighted by Gasteiger charge is -2.14. The van der Waals surface area contributed by atoms with Crippen LogP contribution in [0.5, 0.6) is 0 Å². The second-order valence-electron chi connectivity index (χ2n) is 5.53. The fraction of sp³-hybridized carbons (Fsp3) is 0.158. The molecule has 1 amide bonds. The van der Waals surface area contributed by atoms with Crippen molar-refractivity contribution < 1.29 is 4.79 Å². The van der Waals surface area contributed by atoms with Crippen LogP contribution in [0.2, 0.25) is 0 Å². The zero-order chi connectivity index (χ0) is 17.6. The third kappa shape index (κ3) is 4.74. The largest absolute Gasteiger partial charge is 0.310 e. The molecule has 1 N–H and O–H groups in total. The molecule has 1 unspecified atom stereocenters. The van der Waals surface area contributed by atoms with E-state index in [2.05, 4.69) is 26.3 Å². The number of aromatic nitrogens is 2. The van der Waals surface area contributed by atoms with Gasteiger partial charge >= 0.3 is 0 Å². The molecule has 0 aliphatic carbocycles. The van der Waals surface area contributed by atoms with Crippen molar-refractivity contribution in [2.75, 3.05) is 5.32 Å². The summed E-state index contributed by atoms with van der Waals surface area (Å²) in [5.74, 6) is 0.656. The lowest BCUT2D eigenvalue weighted by Crippen LogP contribution is -2.24. The summed E-state index contributed by atoms with van der Waals surface area (Å²) in [5.41, 5.74) is 1.11. The number of thioether (sulfide) groups is 1. The van der Waals surface area contributed by atoms with Crippen molar-refractivity contribution in [1.29, 1.82) is 0 Å². The summed E-state index contributed by atoms with van der Waals surface area (Å²) in [5, 5.41) is 7.10. The van der Waals surface area contributed by atoms with Crippen LogP contribution < -0.4 is 5.32 Å². The summed E-state index contributed by atoms with van der Waals surface area (Å²) >= 11 is 5.08. The van der Waals surface area contributed by atoms with Gasteiger partial charge in [0.1, 0.15) is 5.82 Å². The Morgan fingerprint density at radius 1 is 1.16 bits per heavy atom. The number of halogens is 1. The SMILES string of the molecule is CC(Sc1ccccc1)C(=O)Nc1ccnn1Cc1ccccc1Br. The minimum atomic E-state index is -0.200. The van der Waals surface area contributed by atoms with E-state index >= 15 is 0 Å². The van der Waals surface area contributed by atoms with Gasteiger partial charge in [-0.3, -0.25) is 4.79 Å². The zero-order valence-corrected chi connectivity index (χ0v) is 16.1. The van der Waals surface area contributed by atoms with E-state index in [1.807, 2.05) is 67.6 Å². The molecule has 128 valence electrons. The van der Waals surface area contributed by atoms with Gasteiger partial charge in [0.25, 0.3) is 0 Å². The van der Waals surface area contributed by atoms with Crippen LogP contribution in [0.25, 0.3) is 0 Å². The number of hydrogen-bond donors (Lipinski definition) is 1. The van der Waals surface area contributed by atoms with Crippen LogP contribution in [0.3, 0.4) is 0 Å². The van der Waals surface area contributed by atoms with E-state index in [1.54, 1.807) is 10.9 Å². The fourth-order valence-electron chi connectivity index (χ4n) is 2.34. The molecule has 6 heteroatoms. The van der Waals surface area contributed by atoms with Crippen molar-refractivity contribution in [2.24, 2.45) is 0 Å². The first kappa shape index (κ1) is 17.8. The van der Waals surface area contributed by atoms with Gasteiger partial charge in [-0.2, -0.15) is 5.10 Å². The number of amides is 1. The Hall–Kier alpha value is -2.05. The van der Waals surface area contributed by atoms with E-state index in [0.29, 0.717) is 12.4 Å². The van der Waals surface area contributed by atoms with Crippen molar-refractivity contribution in [3.8, 4) is 0 Å². The number of carbonyl (C=O) groups excluding carboxylic acids is 1. The molecule has 2 aromatic carbocycles. The van der Waals surface area contributed by atoms with Gasteiger partial charge in [0, 0.05) is 15.4 Å². The Kier molecular flexibility index (Phi) is 5.94. The molecule has 1 heterocycles. The highest BCUT2D eigenvalue weighted by atomic mass is 79.9. The normalized spacial score (nSPS) is 11.9. The molecule has 0 spiro atoms. The summed E-state index contributed by atoms with van der Waals surface area (Å²) in [6.45, 7) is 2.49. The van der Waals surface area contributed by atoms with Gasteiger partial charge in [0.15, 0.2) is 0 Å². The molecule has 1 aromatic heterocycles. The molecule has 0 saturated heterocycles. The number of benzene rings is 2. The van der Waals surface area contributed by atoms with E-state index in [0.717, 1.165) is 14.9 Å². The molecule has 3 aromatic rings. The molecule has 0 fully saturated rings. The van der Waals surface area contributed by atoms with Crippen molar-refractivity contribution >= 4 is 39.4 Å². The predicted octanol–water partition coefficient (Wildman–Crippen LogP) is 4.81. The van der Waals surface area contributed by atoms with Crippen LogP contribution in [0.4, 0.5) is 5.82 Å². The maximum absolute atomic E-state index is 12.5. The van der Waals surface area contributed by atoms with Crippen molar-refractivity contribution in [1.82, 2.24) is 9.78 Å². The molecule has 0 radical (unpaired) electrons. The first-order valence-electron chi connectivity index (χ1n) is 7.91. The van der Waals surface area contributed by atoms with Gasteiger partial charge in [0.05, 0.1) is 18.0 Å². The van der Waals surface area contributed by atoms with E-state index in [9.17, 15) is 4.79 Å². The molecule has 0 aliphatic heterocycles. The predicted molar refractivity (Wildman–Crippen MR) is 106 cm³/mol. The molecular weight excluding hydrogens is 398 g/mol. The molecule has 0 bridgehead atoms. The van der Waals surface area contributed by atoms with Crippen LogP contribution >= 0.6 is 27.7 Å². The summed E-state index contributed by atoms with van der Waals surface area (Å²) in [6, 6.07) is 19.7. The number of anilines is 1. The van der Waals surface area contributed by atoms with Crippen LogP contribution in [-0.4, -0.2) is 20.9 Å². The van der Waals surface area contributed by atoms with E-state index in [1.165, 1.54) is 11.8 Å². The average Bonchev–Trinajstić information content (AvgIpc) is 3.04. The smallest absolute Gasteiger partial charge is 0.238 e. The van der Waals surface area contributed by atoms with Crippen LogP contribution in [0, 0.1) is 0 Å². The monoisotopic (exact) mass is 415 g/mol. The number of hydrogen-bond acceptors (Lipinski definition) is 3. The second kappa shape index (κ2) is 8.36. The van der Waals surface area contributed by atoms with Gasteiger partial charge in [-0.15, -0.1) is 11.8 Å². The zero-order valence-electron chi connectivity index (χ0n) is 13.7. The molecular formula is C19H18BrN3OS. The number of rotatable bonds is 6. The van der Waals surface area contributed by atoms with Crippen molar-refractivity contribution in [3.63, 3.8) is 0 Å². The topological polar surface area (TPSA) is 46.9 Å². The molecule has 3 rings (SSSR count). The van der Waals surface area contributed by atoms with Crippen molar-refractivity contribution in [3.05, 3.63) is 76.9 Å². The molecule has 1 atom stereocenters. The standard InChI is InChI=1S/C19H18BrN3OS/c1-14(25-16-8-3-2-4-9-16)19(24)22-18-11-12-21-23(18)13-15-7-5-6-10-17(15)20/h2-12,14H,13H2,1H3,(H,22,24). The lowest BCUT2D eigenvalue weighted by molar-refractivity contribution is -0.115. The molecule has 4 nitrogen and oxygen atoms in total. The average molecular weight is 416 g/mol. The molecule has 25 heavy (non-hydrogen) atoms. The lowest BCUT2D eigenvalue weighted by atomic mass is 10.2. The Labute approximate surface area is 159 Å². The fourth-order valence-corrected chi connectivity index (χ4v) is 3.64. The number of carbonyl (C=O) groups is 1. The minimum absolute atomic E-state index is 0.0391. The van der Waals surface area contributed by atoms with Gasteiger partial charge in [-0.1, -0.05) is 52.3 Å². The summed E-state index contributed by atoms with van der Waals surface area (Å²) in [7, 11) is 0. The quantitative estimate of drug-likeness (QED) is 0.587. The molecule has 0 aliphatic rings. The van der Waals surface area contributed by atoms with E-state index < -0.39 is 0 Å². The highest BCUT2D eigenvalue weighted by Crippen LogP contribution is 2.24. The maximum Gasteiger partial charge on any atom is 0.238 e. The second-order valence-corrected chi connectivity index (χ2v) is 7.80. The maximum atomic E-state index is 12.5. The van der Waals surface area contributed by atoms with Gasteiger partial charge in [0.2, 0.25) is 5.91 Å². The van der Waals surface area contributed by atoms with Gasteiger partial charge < -0.3 is 5.32 Å². The van der Waals surface area contributed by atoms with E-state index in [4.69, 9.17) is 0 Å². The summed E-state index contributed by atoms with van der Waals surface area (Å²) in [4.78, 5) is 13.6. The summed E-state index contributed by atoms with van der Waals surface area (Å²) < 4.78 is 2.81. The molecule has 0 saturated carbocycles. The third-order valence-electron chi connectivity index (χ3n) is 3.67. The highest BCUT2D eigenvalue weighted by Gasteiger charge is 2.16. The third-order valence-corrected chi connectivity index (χ3v) is 5.56. The summed E-state index contributed by atoms with van der Waals surface area (Å²) in [6.07, 6.45) is 1.70. The Bertz CT molecular complexity index is 851. The van der Waals surface area contributed by atoms with Crippen molar-refractivity contribution in [2.45, 2.75) is 23.6 Å². The van der Waals surface area contributed by atoms with Crippen LogP contribution in [-0.2, 0) is 11.3 Å². The van der Waals surface area contributed by atoms with Gasteiger partial charge in [-0.25, -0.2) is 4.68 Å². The van der Waals surface area contributed by atoms with Crippen LogP contribution in [0.15, 0.2) is 76.2 Å². The van der Waals surface area contributed by atoms with Gasteiger partial charge in [-0.05, 0) is 30.7 Å². The Balaban J connectivity index is 1.66. The number of nitrogens with one attached hydrogen (secondary N) is 1. The Morgan fingerprint density at radius 2 is 1.88 bits per heavy atom. The number of nitrogens with zero attached hydrogens (tertiary/aromatic N) is 2. The first-order chi connectivity index (χ1) is 12.1. The first-order valence-corrected chi connectivity index (χ1v) is 9.58. The Morgan fingerprint density at radius 3 is 2.64 bits per heavy atom. The minimum Gasteiger partial charge on any atom is -0.310 e. The van der Waals surface area contributed by atoms with Crippen LogP contribution in [0.1, 0.15) is 12.5 Å². The highest BCUT2D eigenvalue weighted by molar-refractivity contribution is 9.10. The van der Waals surface area contributed by atoms with E-state index in [-0.39, 0.29) is 11.2 Å².